The summed E-state index contributed by atoms with van der Waals surface area (Å²) in [5.41, 5.74) is 0.0942. The van der Waals surface area contributed by atoms with E-state index in [2.05, 4.69) is 15.3 Å². The first kappa shape index (κ1) is 20.4. The minimum atomic E-state index is -4.57. The molecule has 0 spiro atoms. The molecule has 1 aliphatic rings. The van der Waals surface area contributed by atoms with Crippen LogP contribution in [-0.2, 0) is 6.18 Å². The molecule has 3 aromatic rings. The number of halogens is 3. The Morgan fingerprint density at radius 1 is 1.23 bits per heavy atom. The van der Waals surface area contributed by atoms with E-state index >= 15 is 0 Å². The molecule has 0 bridgehead atoms. The molecule has 160 valence electrons. The van der Waals surface area contributed by atoms with Crippen LogP contribution in [0.25, 0.3) is 11.1 Å². The standard InChI is InChI=1S/C20H21F3N4O3/c1-10(2)14-8-15(29-25-14)19(28)27-6-4-5-12(9-27)17-16-13(20(21,22)23)7-11(3)24-18(16)30-26-17/h7-8,10,12H,4-6,9H2,1-3H3/t12-/m0/s1. The van der Waals surface area contributed by atoms with Gasteiger partial charge in [-0.1, -0.05) is 24.2 Å². The largest absolute Gasteiger partial charge is 0.417 e. The molecule has 1 fully saturated rings. The van der Waals surface area contributed by atoms with Gasteiger partial charge in [0.2, 0.25) is 5.76 Å². The first-order valence-corrected chi connectivity index (χ1v) is 9.75. The van der Waals surface area contributed by atoms with Crippen molar-refractivity contribution in [3.05, 3.63) is 40.5 Å². The van der Waals surface area contributed by atoms with Crippen LogP contribution in [-0.4, -0.2) is 39.2 Å². The van der Waals surface area contributed by atoms with E-state index in [1.807, 2.05) is 13.8 Å². The number of likely N-dealkylation sites (tertiary alicyclic amines) is 1. The molecule has 0 unspecified atom stereocenters. The highest BCUT2D eigenvalue weighted by Crippen LogP contribution is 2.40. The van der Waals surface area contributed by atoms with Crippen LogP contribution in [0.15, 0.2) is 21.2 Å². The van der Waals surface area contributed by atoms with Crippen LogP contribution >= 0.6 is 0 Å². The van der Waals surface area contributed by atoms with Gasteiger partial charge in [-0.3, -0.25) is 4.79 Å². The summed E-state index contributed by atoms with van der Waals surface area (Å²) in [5, 5.41) is 7.69. The Bertz CT molecular complexity index is 1090. The number of alkyl halides is 3. The Morgan fingerprint density at radius 2 is 2.00 bits per heavy atom. The number of carbonyl (C=O) groups is 1. The molecular formula is C20H21F3N4O3. The number of carbonyl (C=O) groups excluding carboxylic acids is 1. The fourth-order valence-corrected chi connectivity index (χ4v) is 3.80. The summed E-state index contributed by atoms with van der Waals surface area (Å²) in [4.78, 5) is 18.5. The lowest BCUT2D eigenvalue weighted by Gasteiger charge is -2.31. The minimum Gasteiger partial charge on any atom is -0.351 e. The maximum absolute atomic E-state index is 13.6. The molecule has 1 aliphatic heterocycles. The third-order valence-corrected chi connectivity index (χ3v) is 5.33. The van der Waals surface area contributed by atoms with Gasteiger partial charge in [0.15, 0.2) is 0 Å². The Labute approximate surface area is 170 Å². The Hall–Kier alpha value is -2.91. The number of fused-ring (bicyclic) bond motifs is 1. The summed E-state index contributed by atoms with van der Waals surface area (Å²) >= 11 is 0. The van der Waals surface area contributed by atoms with E-state index in [-0.39, 0.29) is 46.6 Å². The van der Waals surface area contributed by atoms with Gasteiger partial charge in [-0.15, -0.1) is 0 Å². The quantitative estimate of drug-likeness (QED) is 0.609. The minimum absolute atomic E-state index is 0.114. The number of aryl methyl sites for hydroxylation is 1. The number of aromatic nitrogens is 3. The molecule has 1 atom stereocenters. The zero-order valence-corrected chi connectivity index (χ0v) is 16.8. The molecule has 0 aliphatic carbocycles. The van der Waals surface area contributed by atoms with E-state index in [9.17, 15) is 18.0 Å². The molecule has 0 N–H and O–H groups in total. The van der Waals surface area contributed by atoms with Crippen molar-refractivity contribution in [1.82, 2.24) is 20.2 Å². The van der Waals surface area contributed by atoms with Crippen molar-refractivity contribution in [3.63, 3.8) is 0 Å². The van der Waals surface area contributed by atoms with Gasteiger partial charge < -0.3 is 13.9 Å². The highest BCUT2D eigenvalue weighted by molar-refractivity contribution is 5.91. The first-order chi connectivity index (χ1) is 14.1. The van der Waals surface area contributed by atoms with Crippen molar-refractivity contribution < 1.29 is 27.0 Å². The lowest BCUT2D eigenvalue weighted by atomic mass is 9.91. The van der Waals surface area contributed by atoms with Crippen LogP contribution in [0.2, 0.25) is 0 Å². The monoisotopic (exact) mass is 422 g/mol. The third kappa shape index (κ3) is 3.66. The van der Waals surface area contributed by atoms with Crippen molar-refractivity contribution in [2.45, 2.75) is 51.6 Å². The molecule has 10 heteroatoms. The van der Waals surface area contributed by atoms with Gasteiger partial charge in [0.1, 0.15) is 0 Å². The van der Waals surface area contributed by atoms with Crippen LogP contribution < -0.4 is 0 Å². The molecule has 0 saturated carbocycles. The number of piperidine rings is 1. The normalized spacial score (nSPS) is 17.8. The number of hydrogen-bond donors (Lipinski definition) is 0. The van der Waals surface area contributed by atoms with Crippen molar-refractivity contribution in [3.8, 4) is 0 Å². The van der Waals surface area contributed by atoms with Crippen LogP contribution in [0, 0.1) is 6.92 Å². The van der Waals surface area contributed by atoms with Gasteiger partial charge in [-0.25, -0.2) is 4.98 Å². The second kappa shape index (κ2) is 7.41. The summed E-state index contributed by atoms with van der Waals surface area (Å²) in [5.74, 6) is -0.501. The van der Waals surface area contributed by atoms with E-state index in [1.165, 1.54) is 6.92 Å². The topological polar surface area (TPSA) is 85.3 Å². The molecule has 7 nitrogen and oxygen atoms in total. The zero-order chi connectivity index (χ0) is 21.6. The Morgan fingerprint density at radius 3 is 2.67 bits per heavy atom. The molecule has 4 rings (SSSR count). The molecule has 30 heavy (non-hydrogen) atoms. The van der Waals surface area contributed by atoms with Crippen molar-refractivity contribution >= 4 is 17.0 Å². The predicted molar refractivity (Wildman–Crippen MR) is 100 cm³/mol. The number of hydrogen-bond acceptors (Lipinski definition) is 6. The number of nitrogens with zero attached hydrogens (tertiary/aromatic N) is 4. The third-order valence-electron chi connectivity index (χ3n) is 5.33. The maximum Gasteiger partial charge on any atom is 0.417 e. The summed E-state index contributed by atoms with van der Waals surface area (Å²) in [7, 11) is 0. The van der Waals surface area contributed by atoms with Crippen LogP contribution in [0.5, 0.6) is 0 Å². The number of rotatable bonds is 3. The van der Waals surface area contributed by atoms with E-state index in [0.29, 0.717) is 25.1 Å². The van der Waals surface area contributed by atoms with E-state index in [1.54, 1.807) is 11.0 Å². The number of pyridine rings is 1. The van der Waals surface area contributed by atoms with Crippen LogP contribution in [0.1, 0.15) is 71.7 Å². The summed E-state index contributed by atoms with van der Waals surface area (Å²) in [6.45, 7) is 6.04. The van der Waals surface area contributed by atoms with Gasteiger partial charge in [-0.05, 0) is 31.7 Å². The Balaban J connectivity index is 1.65. The SMILES string of the molecule is Cc1cc(C(F)(F)F)c2c([C@H]3CCCN(C(=O)c4cc(C(C)C)no4)C3)noc2n1. The van der Waals surface area contributed by atoms with Crippen molar-refractivity contribution in [2.24, 2.45) is 0 Å². The van der Waals surface area contributed by atoms with Crippen LogP contribution in [0.3, 0.4) is 0 Å². The molecule has 0 aromatic carbocycles. The second-order valence-corrected chi connectivity index (χ2v) is 7.92. The molecular weight excluding hydrogens is 401 g/mol. The molecule has 4 heterocycles. The highest BCUT2D eigenvalue weighted by Gasteiger charge is 2.38. The molecule has 1 amide bonds. The maximum atomic E-state index is 13.6. The van der Waals surface area contributed by atoms with Gasteiger partial charge >= 0.3 is 6.18 Å². The van der Waals surface area contributed by atoms with Gasteiger partial charge in [0.05, 0.1) is 22.3 Å². The zero-order valence-electron chi connectivity index (χ0n) is 16.8. The second-order valence-electron chi connectivity index (χ2n) is 7.92. The summed E-state index contributed by atoms with van der Waals surface area (Å²) in [6.07, 6.45) is -3.36. The molecule has 1 saturated heterocycles. The van der Waals surface area contributed by atoms with Gasteiger partial charge in [0.25, 0.3) is 11.6 Å². The average Bonchev–Trinajstić information content (AvgIpc) is 3.33. The lowest BCUT2D eigenvalue weighted by molar-refractivity contribution is -0.136. The van der Waals surface area contributed by atoms with Crippen LogP contribution in [0.4, 0.5) is 13.2 Å². The average molecular weight is 422 g/mol. The fraction of sp³-hybridized carbons (Fsp3) is 0.500. The summed E-state index contributed by atoms with van der Waals surface area (Å²) < 4.78 is 51.2. The highest BCUT2D eigenvalue weighted by atomic mass is 19.4. The van der Waals surface area contributed by atoms with Gasteiger partial charge in [-0.2, -0.15) is 13.2 Å². The van der Waals surface area contributed by atoms with Crippen molar-refractivity contribution in [2.75, 3.05) is 13.1 Å². The molecule has 3 aromatic heterocycles. The number of amides is 1. The predicted octanol–water partition coefficient (Wildman–Crippen LogP) is 4.68. The van der Waals surface area contributed by atoms with E-state index < -0.39 is 17.7 Å². The van der Waals surface area contributed by atoms with Crippen molar-refractivity contribution in [1.29, 1.82) is 0 Å². The lowest BCUT2D eigenvalue weighted by Crippen LogP contribution is -2.39. The molecule has 0 radical (unpaired) electrons. The summed E-state index contributed by atoms with van der Waals surface area (Å²) in [6, 6.07) is 2.60. The van der Waals surface area contributed by atoms with Gasteiger partial charge in [0, 0.05) is 30.8 Å². The van der Waals surface area contributed by atoms with E-state index in [4.69, 9.17) is 9.05 Å². The Kier molecular flexibility index (Phi) is 5.03. The first-order valence-electron chi connectivity index (χ1n) is 9.75. The fourth-order valence-electron chi connectivity index (χ4n) is 3.80. The smallest absolute Gasteiger partial charge is 0.351 e. The van der Waals surface area contributed by atoms with E-state index in [0.717, 1.165) is 6.07 Å².